The molecule has 1 fully saturated rings. The molecule has 1 aromatic carbocycles. The van der Waals surface area contributed by atoms with Gasteiger partial charge in [0.05, 0.1) is 6.54 Å². The number of piperazine rings is 1. The molecule has 0 spiro atoms. The maximum absolute atomic E-state index is 12.3. The molecule has 1 saturated heterocycles. The van der Waals surface area contributed by atoms with Crippen LogP contribution in [0.5, 0.6) is 0 Å². The minimum Gasteiger partial charge on any atom is -0.340 e. The Morgan fingerprint density at radius 2 is 2.20 bits per heavy atom. The summed E-state index contributed by atoms with van der Waals surface area (Å²) >= 11 is 0. The summed E-state index contributed by atoms with van der Waals surface area (Å²) in [6, 6.07) is 8.71. The van der Waals surface area contributed by atoms with E-state index in [0.29, 0.717) is 19.1 Å². The van der Waals surface area contributed by atoms with E-state index in [1.54, 1.807) is 0 Å². The molecule has 0 aromatic heterocycles. The summed E-state index contributed by atoms with van der Waals surface area (Å²) in [5, 5.41) is 3.40. The molecule has 2 rings (SSSR count). The summed E-state index contributed by atoms with van der Waals surface area (Å²) in [6.45, 7) is 8.33. The van der Waals surface area contributed by atoms with Gasteiger partial charge in [-0.3, -0.25) is 9.69 Å². The first kappa shape index (κ1) is 15.0. The first-order valence-electron chi connectivity index (χ1n) is 7.30. The van der Waals surface area contributed by atoms with E-state index in [9.17, 15) is 4.79 Å². The molecule has 110 valence electrons. The molecule has 0 aliphatic carbocycles. The summed E-state index contributed by atoms with van der Waals surface area (Å²) in [5.41, 5.74) is 2.46. The molecular formula is C16H25N3O. The summed E-state index contributed by atoms with van der Waals surface area (Å²) in [4.78, 5) is 16.4. The lowest BCUT2D eigenvalue weighted by Crippen LogP contribution is -2.51. The van der Waals surface area contributed by atoms with Gasteiger partial charge in [0.1, 0.15) is 0 Å². The Morgan fingerprint density at radius 3 is 2.90 bits per heavy atom. The van der Waals surface area contributed by atoms with Crippen molar-refractivity contribution in [2.45, 2.75) is 26.4 Å². The fourth-order valence-corrected chi connectivity index (χ4v) is 2.60. The lowest BCUT2D eigenvalue weighted by molar-refractivity contribution is -0.131. The first-order valence-corrected chi connectivity index (χ1v) is 7.30. The van der Waals surface area contributed by atoms with Crippen LogP contribution >= 0.6 is 0 Å². The van der Waals surface area contributed by atoms with E-state index in [1.807, 2.05) is 24.1 Å². The number of nitrogens with one attached hydrogen (secondary N) is 1. The number of nitrogens with zero attached hydrogens (tertiary/aromatic N) is 2. The number of benzene rings is 1. The summed E-state index contributed by atoms with van der Waals surface area (Å²) in [7, 11) is 1.89. The second-order valence-corrected chi connectivity index (χ2v) is 5.77. The molecule has 4 nitrogen and oxygen atoms in total. The molecule has 4 heteroatoms. The third-order valence-electron chi connectivity index (χ3n) is 3.91. The van der Waals surface area contributed by atoms with E-state index in [2.05, 4.69) is 36.2 Å². The number of hydrogen-bond donors (Lipinski definition) is 1. The summed E-state index contributed by atoms with van der Waals surface area (Å²) in [5.74, 6) is 0.197. The number of carbonyl (C=O) groups is 1. The highest BCUT2D eigenvalue weighted by atomic mass is 16.2. The molecule has 0 saturated carbocycles. The first-order chi connectivity index (χ1) is 9.56. The van der Waals surface area contributed by atoms with Crippen molar-refractivity contribution in [2.24, 2.45) is 0 Å². The number of rotatable bonds is 4. The second kappa shape index (κ2) is 6.86. The van der Waals surface area contributed by atoms with Crippen molar-refractivity contribution in [3.63, 3.8) is 0 Å². The Balaban J connectivity index is 1.87. The minimum atomic E-state index is 0.197. The maximum atomic E-state index is 12.3. The van der Waals surface area contributed by atoms with E-state index in [0.717, 1.165) is 19.6 Å². The predicted octanol–water partition coefficient (Wildman–Crippen LogP) is 1.25. The van der Waals surface area contributed by atoms with Gasteiger partial charge < -0.3 is 10.2 Å². The highest BCUT2D eigenvalue weighted by Gasteiger charge is 2.19. The summed E-state index contributed by atoms with van der Waals surface area (Å²) < 4.78 is 0. The van der Waals surface area contributed by atoms with Gasteiger partial charge in [-0.25, -0.2) is 0 Å². The molecular weight excluding hydrogens is 250 g/mol. The van der Waals surface area contributed by atoms with Crippen molar-refractivity contribution >= 4 is 5.91 Å². The Hall–Kier alpha value is -1.39. The van der Waals surface area contributed by atoms with Crippen LogP contribution in [-0.2, 0) is 11.3 Å². The van der Waals surface area contributed by atoms with Crippen LogP contribution in [0, 0.1) is 6.92 Å². The van der Waals surface area contributed by atoms with Crippen molar-refractivity contribution in [1.29, 1.82) is 0 Å². The molecule has 1 aliphatic heterocycles. The molecule has 1 heterocycles. The van der Waals surface area contributed by atoms with E-state index in [-0.39, 0.29) is 5.91 Å². The minimum absolute atomic E-state index is 0.197. The number of likely N-dealkylation sites (N-methyl/N-ethyl adjacent to an activating group) is 1. The van der Waals surface area contributed by atoms with Gasteiger partial charge in [0.15, 0.2) is 0 Å². The zero-order chi connectivity index (χ0) is 14.5. The van der Waals surface area contributed by atoms with Crippen LogP contribution in [0.2, 0.25) is 0 Å². The molecule has 0 bridgehead atoms. The van der Waals surface area contributed by atoms with Gasteiger partial charge >= 0.3 is 0 Å². The quantitative estimate of drug-likeness (QED) is 0.898. The lowest BCUT2D eigenvalue weighted by atomic mass is 10.1. The molecule has 0 unspecified atom stereocenters. The highest BCUT2D eigenvalue weighted by Crippen LogP contribution is 2.10. The Kier molecular flexibility index (Phi) is 5.15. The molecule has 1 amide bonds. The smallest absolute Gasteiger partial charge is 0.236 e. The Morgan fingerprint density at radius 1 is 1.45 bits per heavy atom. The van der Waals surface area contributed by atoms with Gasteiger partial charge in [-0.1, -0.05) is 24.3 Å². The third kappa shape index (κ3) is 4.05. The normalized spacial score (nSPS) is 19.9. The topological polar surface area (TPSA) is 35.6 Å². The fourth-order valence-electron chi connectivity index (χ4n) is 2.60. The number of hydrogen-bond acceptors (Lipinski definition) is 3. The molecule has 1 aromatic rings. The van der Waals surface area contributed by atoms with Crippen LogP contribution in [0.1, 0.15) is 18.1 Å². The monoisotopic (exact) mass is 275 g/mol. The average molecular weight is 275 g/mol. The van der Waals surface area contributed by atoms with Crippen molar-refractivity contribution < 1.29 is 4.79 Å². The fraction of sp³-hybridized carbons (Fsp3) is 0.562. The van der Waals surface area contributed by atoms with Crippen LogP contribution in [-0.4, -0.2) is 55.0 Å². The highest BCUT2D eigenvalue weighted by molar-refractivity contribution is 5.78. The van der Waals surface area contributed by atoms with Crippen molar-refractivity contribution in [3.05, 3.63) is 35.4 Å². The van der Waals surface area contributed by atoms with Crippen LogP contribution in [0.4, 0.5) is 0 Å². The zero-order valence-corrected chi connectivity index (χ0v) is 12.7. The SMILES string of the molecule is Cc1ccccc1CN(C)C(=O)CN1CCN[C@H](C)C1. The van der Waals surface area contributed by atoms with E-state index >= 15 is 0 Å². The number of aryl methyl sites for hydroxylation is 1. The Labute approximate surface area is 121 Å². The maximum Gasteiger partial charge on any atom is 0.236 e. The van der Waals surface area contributed by atoms with Crippen LogP contribution in [0.15, 0.2) is 24.3 Å². The largest absolute Gasteiger partial charge is 0.340 e. The van der Waals surface area contributed by atoms with Gasteiger partial charge in [0.2, 0.25) is 5.91 Å². The molecule has 1 aliphatic rings. The van der Waals surface area contributed by atoms with E-state index in [4.69, 9.17) is 0 Å². The van der Waals surface area contributed by atoms with Crippen molar-refractivity contribution in [2.75, 3.05) is 33.2 Å². The molecule has 0 radical (unpaired) electrons. The molecule has 1 N–H and O–H groups in total. The Bertz CT molecular complexity index is 461. The number of carbonyl (C=O) groups excluding carboxylic acids is 1. The van der Waals surface area contributed by atoms with Gasteiger partial charge in [0, 0.05) is 39.3 Å². The predicted molar refractivity (Wildman–Crippen MR) is 81.6 cm³/mol. The van der Waals surface area contributed by atoms with Gasteiger partial charge in [-0.15, -0.1) is 0 Å². The standard InChI is InChI=1S/C16H25N3O/c1-13-6-4-5-7-15(13)11-18(3)16(20)12-19-9-8-17-14(2)10-19/h4-7,14,17H,8-12H2,1-3H3/t14-/m1/s1. The van der Waals surface area contributed by atoms with Crippen molar-refractivity contribution in [3.8, 4) is 0 Å². The third-order valence-corrected chi connectivity index (χ3v) is 3.91. The molecule has 20 heavy (non-hydrogen) atoms. The average Bonchev–Trinajstić information content (AvgIpc) is 2.41. The van der Waals surface area contributed by atoms with Gasteiger partial charge in [0.25, 0.3) is 0 Å². The second-order valence-electron chi connectivity index (χ2n) is 5.77. The van der Waals surface area contributed by atoms with Crippen LogP contribution < -0.4 is 5.32 Å². The zero-order valence-electron chi connectivity index (χ0n) is 12.7. The molecule has 1 atom stereocenters. The lowest BCUT2D eigenvalue weighted by Gasteiger charge is -2.32. The van der Waals surface area contributed by atoms with Crippen LogP contribution in [0.25, 0.3) is 0 Å². The van der Waals surface area contributed by atoms with Gasteiger partial charge in [-0.05, 0) is 25.0 Å². The van der Waals surface area contributed by atoms with Gasteiger partial charge in [-0.2, -0.15) is 0 Å². The van der Waals surface area contributed by atoms with E-state index < -0.39 is 0 Å². The van der Waals surface area contributed by atoms with E-state index in [1.165, 1.54) is 11.1 Å². The number of amides is 1. The van der Waals surface area contributed by atoms with Crippen LogP contribution in [0.3, 0.4) is 0 Å². The van der Waals surface area contributed by atoms with Crippen molar-refractivity contribution in [1.82, 2.24) is 15.1 Å². The summed E-state index contributed by atoms with van der Waals surface area (Å²) in [6.07, 6.45) is 0.